The van der Waals surface area contributed by atoms with Crippen LogP contribution in [0.3, 0.4) is 0 Å². The van der Waals surface area contributed by atoms with E-state index in [1.807, 2.05) is 18.2 Å². The molecule has 4 nitrogen and oxygen atoms in total. The van der Waals surface area contributed by atoms with Gasteiger partial charge in [-0.3, -0.25) is 0 Å². The molecule has 2 rings (SSSR count). The van der Waals surface area contributed by atoms with Crippen LogP contribution in [0.4, 0.5) is 5.69 Å². The Hall–Kier alpha value is -1.26. The fraction of sp³-hybridized carbons (Fsp3) is 0.538. The zero-order valence-corrected chi connectivity index (χ0v) is 10.2. The lowest BCUT2D eigenvalue weighted by Crippen LogP contribution is -2.35. The molecule has 0 amide bonds. The fourth-order valence-electron chi connectivity index (χ4n) is 2.40. The van der Waals surface area contributed by atoms with Crippen LogP contribution in [0.1, 0.15) is 6.42 Å². The molecule has 17 heavy (non-hydrogen) atoms. The minimum atomic E-state index is -0.116. The van der Waals surface area contributed by atoms with Crippen molar-refractivity contribution in [3.63, 3.8) is 0 Å². The van der Waals surface area contributed by atoms with Crippen molar-refractivity contribution in [1.82, 2.24) is 0 Å². The van der Waals surface area contributed by atoms with Gasteiger partial charge in [0, 0.05) is 19.1 Å². The Morgan fingerprint density at radius 3 is 3.00 bits per heavy atom. The summed E-state index contributed by atoms with van der Waals surface area (Å²) in [6.45, 7) is 1.92. The van der Waals surface area contributed by atoms with E-state index in [4.69, 9.17) is 15.6 Å². The van der Waals surface area contributed by atoms with Crippen LogP contribution in [0.25, 0.3) is 0 Å². The second-order valence-corrected chi connectivity index (χ2v) is 4.51. The standard InChI is InChI=1S/C13H20N2O2/c1-17-13-5-3-2-4-12(13)15-7-6-10(8-15)11(14)9-16/h2-5,10-11,16H,6-9,14H2,1H3. The van der Waals surface area contributed by atoms with E-state index in [-0.39, 0.29) is 12.6 Å². The molecule has 1 aliphatic heterocycles. The monoisotopic (exact) mass is 236 g/mol. The largest absolute Gasteiger partial charge is 0.495 e. The summed E-state index contributed by atoms with van der Waals surface area (Å²) in [6, 6.07) is 7.89. The third kappa shape index (κ3) is 2.53. The summed E-state index contributed by atoms with van der Waals surface area (Å²) in [4.78, 5) is 2.28. The summed E-state index contributed by atoms with van der Waals surface area (Å²) < 4.78 is 5.36. The molecule has 1 aliphatic rings. The summed E-state index contributed by atoms with van der Waals surface area (Å²) in [5.41, 5.74) is 6.99. The van der Waals surface area contributed by atoms with E-state index in [1.54, 1.807) is 7.11 Å². The van der Waals surface area contributed by atoms with Crippen molar-refractivity contribution < 1.29 is 9.84 Å². The van der Waals surface area contributed by atoms with Crippen LogP contribution in [0.5, 0.6) is 5.75 Å². The molecule has 2 atom stereocenters. The number of aliphatic hydroxyl groups is 1. The average molecular weight is 236 g/mol. The van der Waals surface area contributed by atoms with Crippen molar-refractivity contribution >= 4 is 5.69 Å². The van der Waals surface area contributed by atoms with E-state index in [0.29, 0.717) is 5.92 Å². The molecule has 0 aliphatic carbocycles. The van der Waals surface area contributed by atoms with E-state index in [0.717, 1.165) is 30.9 Å². The molecular weight excluding hydrogens is 216 g/mol. The number of anilines is 1. The van der Waals surface area contributed by atoms with Gasteiger partial charge in [-0.15, -0.1) is 0 Å². The molecule has 0 spiro atoms. The van der Waals surface area contributed by atoms with Gasteiger partial charge in [-0.1, -0.05) is 12.1 Å². The Morgan fingerprint density at radius 2 is 2.29 bits per heavy atom. The van der Waals surface area contributed by atoms with Crippen LogP contribution in [-0.4, -0.2) is 38.0 Å². The number of nitrogens with zero attached hydrogens (tertiary/aromatic N) is 1. The van der Waals surface area contributed by atoms with Gasteiger partial charge in [0.1, 0.15) is 5.75 Å². The number of methoxy groups -OCH3 is 1. The Balaban J connectivity index is 2.09. The van der Waals surface area contributed by atoms with E-state index in [2.05, 4.69) is 11.0 Å². The van der Waals surface area contributed by atoms with Crippen molar-refractivity contribution in [2.75, 3.05) is 31.7 Å². The first-order valence-electron chi connectivity index (χ1n) is 6.00. The van der Waals surface area contributed by atoms with Crippen LogP contribution in [0.2, 0.25) is 0 Å². The van der Waals surface area contributed by atoms with Gasteiger partial charge in [0.15, 0.2) is 0 Å². The SMILES string of the molecule is COc1ccccc1N1CCC(C(N)CO)C1. The molecule has 0 radical (unpaired) electrons. The topological polar surface area (TPSA) is 58.7 Å². The van der Waals surface area contributed by atoms with Crippen molar-refractivity contribution in [3.05, 3.63) is 24.3 Å². The van der Waals surface area contributed by atoms with Gasteiger partial charge in [0.25, 0.3) is 0 Å². The van der Waals surface area contributed by atoms with Gasteiger partial charge in [-0.2, -0.15) is 0 Å². The quantitative estimate of drug-likeness (QED) is 0.813. The molecule has 0 saturated carbocycles. The number of hydrogen-bond acceptors (Lipinski definition) is 4. The molecule has 1 saturated heterocycles. The molecule has 1 fully saturated rings. The predicted molar refractivity (Wildman–Crippen MR) is 68.4 cm³/mol. The first kappa shape index (κ1) is 12.2. The van der Waals surface area contributed by atoms with Crippen molar-refractivity contribution in [1.29, 1.82) is 0 Å². The maximum Gasteiger partial charge on any atom is 0.142 e. The second kappa shape index (κ2) is 5.38. The first-order chi connectivity index (χ1) is 8.26. The van der Waals surface area contributed by atoms with Crippen LogP contribution >= 0.6 is 0 Å². The molecule has 0 aromatic heterocycles. The number of para-hydroxylation sites is 2. The van der Waals surface area contributed by atoms with Gasteiger partial charge >= 0.3 is 0 Å². The van der Waals surface area contributed by atoms with Gasteiger partial charge in [-0.25, -0.2) is 0 Å². The van der Waals surface area contributed by atoms with Crippen LogP contribution in [0.15, 0.2) is 24.3 Å². The van der Waals surface area contributed by atoms with Crippen molar-refractivity contribution in [2.24, 2.45) is 11.7 Å². The number of nitrogens with two attached hydrogens (primary N) is 1. The lowest BCUT2D eigenvalue weighted by Gasteiger charge is -2.22. The normalized spacial score (nSPS) is 21.6. The highest BCUT2D eigenvalue weighted by atomic mass is 16.5. The third-order valence-electron chi connectivity index (χ3n) is 3.47. The average Bonchev–Trinajstić information content (AvgIpc) is 2.87. The van der Waals surface area contributed by atoms with Crippen molar-refractivity contribution in [2.45, 2.75) is 12.5 Å². The van der Waals surface area contributed by atoms with Gasteiger partial charge in [0.05, 0.1) is 19.4 Å². The van der Waals surface area contributed by atoms with Gasteiger partial charge in [0.2, 0.25) is 0 Å². The number of aliphatic hydroxyl groups excluding tert-OH is 1. The van der Waals surface area contributed by atoms with Crippen LogP contribution in [-0.2, 0) is 0 Å². The Kier molecular flexibility index (Phi) is 3.86. The number of ether oxygens (including phenoxy) is 1. The van der Waals surface area contributed by atoms with Gasteiger partial charge < -0.3 is 20.5 Å². The van der Waals surface area contributed by atoms with E-state index >= 15 is 0 Å². The molecule has 94 valence electrons. The predicted octanol–water partition coefficient (Wildman–Crippen LogP) is 0.841. The lowest BCUT2D eigenvalue weighted by atomic mass is 10.0. The smallest absolute Gasteiger partial charge is 0.142 e. The van der Waals surface area contributed by atoms with Crippen molar-refractivity contribution in [3.8, 4) is 5.75 Å². The molecule has 4 heteroatoms. The Morgan fingerprint density at radius 1 is 1.53 bits per heavy atom. The summed E-state index contributed by atoms with van der Waals surface area (Å²) in [5, 5.41) is 9.08. The Labute approximate surface area is 102 Å². The highest BCUT2D eigenvalue weighted by molar-refractivity contribution is 5.59. The Bertz CT molecular complexity index is 370. The molecule has 1 heterocycles. The maximum absolute atomic E-state index is 9.08. The zero-order chi connectivity index (χ0) is 12.3. The van der Waals surface area contributed by atoms with Crippen LogP contribution in [0, 0.1) is 5.92 Å². The number of benzene rings is 1. The van der Waals surface area contributed by atoms with E-state index in [9.17, 15) is 0 Å². The summed E-state index contributed by atoms with van der Waals surface area (Å²) >= 11 is 0. The summed E-state index contributed by atoms with van der Waals surface area (Å²) in [6.07, 6.45) is 1.03. The molecule has 1 aromatic rings. The minimum absolute atomic E-state index is 0.0600. The highest BCUT2D eigenvalue weighted by Gasteiger charge is 2.28. The maximum atomic E-state index is 9.08. The third-order valence-corrected chi connectivity index (χ3v) is 3.47. The van der Waals surface area contributed by atoms with Gasteiger partial charge in [-0.05, 0) is 24.5 Å². The second-order valence-electron chi connectivity index (χ2n) is 4.51. The molecule has 2 unspecified atom stereocenters. The van der Waals surface area contributed by atoms with Crippen LogP contribution < -0.4 is 15.4 Å². The molecule has 0 bridgehead atoms. The summed E-state index contributed by atoms with van der Waals surface area (Å²) in [7, 11) is 1.69. The minimum Gasteiger partial charge on any atom is -0.495 e. The molecule has 1 aromatic carbocycles. The molecule has 3 N–H and O–H groups in total. The van der Waals surface area contributed by atoms with E-state index in [1.165, 1.54) is 0 Å². The highest BCUT2D eigenvalue weighted by Crippen LogP contribution is 2.32. The van der Waals surface area contributed by atoms with E-state index < -0.39 is 0 Å². The lowest BCUT2D eigenvalue weighted by molar-refractivity contribution is 0.233. The zero-order valence-electron chi connectivity index (χ0n) is 10.2. The number of rotatable bonds is 4. The first-order valence-corrected chi connectivity index (χ1v) is 6.00. The fourth-order valence-corrected chi connectivity index (χ4v) is 2.40. The molecular formula is C13H20N2O2. The number of hydrogen-bond donors (Lipinski definition) is 2. The summed E-state index contributed by atoms with van der Waals surface area (Å²) in [5.74, 6) is 1.26.